The van der Waals surface area contributed by atoms with Crippen LogP contribution in [0.5, 0.6) is 17.2 Å². The van der Waals surface area contributed by atoms with Crippen molar-refractivity contribution in [2.24, 2.45) is 11.8 Å². The average Bonchev–Trinajstić information content (AvgIpc) is 3.55. The molecule has 2 atom stereocenters. The smallest absolute Gasteiger partial charge is 0.306 e. The maximum Gasteiger partial charge on any atom is 0.306 e. The van der Waals surface area contributed by atoms with E-state index in [0.29, 0.717) is 60.5 Å². The van der Waals surface area contributed by atoms with Crippen molar-refractivity contribution in [3.8, 4) is 17.2 Å². The molecule has 0 bridgehead atoms. The van der Waals surface area contributed by atoms with Crippen LogP contribution < -0.4 is 19.9 Å². The Balaban J connectivity index is 1.31. The molecule has 42 heavy (non-hydrogen) atoms. The molecule has 0 spiro atoms. The highest BCUT2D eigenvalue weighted by Crippen LogP contribution is 2.36. The Labute approximate surface area is 246 Å². The van der Waals surface area contributed by atoms with E-state index in [1.165, 1.54) is 25.2 Å². The van der Waals surface area contributed by atoms with Crippen LogP contribution in [0.15, 0.2) is 30.3 Å². The van der Waals surface area contributed by atoms with Crippen molar-refractivity contribution in [1.29, 1.82) is 0 Å². The molecular weight excluding hydrogens is 564 g/mol. The van der Waals surface area contributed by atoms with Crippen molar-refractivity contribution in [1.82, 2.24) is 4.90 Å². The number of nitrogens with two attached hydrogens (primary N) is 1. The fraction of sp³-hybridized carbons (Fsp3) is 0.400. The number of hydrogen-bond donors (Lipinski definition) is 3. The zero-order valence-electron chi connectivity index (χ0n) is 23.7. The minimum Gasteiger partial charge on any atom is -0.493 e. The first kappa shape index (κ1) is 30.6. The number of aliphatic carboxylic acids is 2. The van der Waals surface area contributed by atoms with E-state index in [2.05, 4.69) is 0 Å². The third-order valence-corrected chi connectivity index (χ3v) is 8.24. The van der Waals surface area contributed by atoms with Crippen LogP contribution in [0.25, 0.3) is 10.1 Å². The van der Waals surface area contributed by atoms with E-state index in [1.807, 2.05) is 12.1 Å². The third-order valence-electron chi connectivity index (χ3n) is 7.10. The Morgan fingerprint density at radius 1 is 0.881 bits per heavy atom. The number of carboxylic acids is 2. The number of hydrogen-bond acceptors (Lipinski definition) is 9. The summed E-state index contributed by atoms with van der Waals surface area (Å²) in [6.45, 7) is 4.43. The predicted octanol–water partition coefficient (Wildman–Crippen LogP) is 4.59. The third kappa shape index (κ3) is 7.11. The first-order valence-corrected chi connectivity index (χ1v) is 14.3. The zero-order chi connectivity index (χ0) is 30.6. The number of amides is 1. The molecule has 0 fully saturated rings. The summed E-state index contributed by atoms with van der Waals surface area (Å²) in [6.07, 6.45) is 0.410. The number of nitrogens with zero attached hydrogens (tertiary/aromatic N) is 1. The van der Waals surface area contributed by atoms with Crippen molar-refractivity contribution in [2.75, 3.05) is 26.1 Å². The van der Waals surface area contributed by atoms with Gasteiger partial charge in [0.15, 0.2) is 17.3 Å². The molecule has 11 nitrogen and oxygen atoms in total. The Morgan fingerprint density at radius 3 is 2.10 bits per heavy atom. The molecular formula is C30H34N2O9S. The number of fused-ring (bicyclic) bond motifs is 2. The van der Waals surface area contributed by atoms with E-state index in [-0.39, 0.29) is 24.5 Å². The van der Waals surface area contributed by atoms with Crippen molar-refractivity contribution < 1.29 is 43.6 Å². The maximum atomic E-state index is 12.6. The number of benzene rings is 2. The molecule has 1 aliphatic heterocycles. The van der Waals surface area contributed by atoms with E-state index in [4.69, 9.17) is 30.2 Å². The average molecular weight is 599 g/mol. The fourth-order valence-corrected chi connectivity index (χ4v) is 5.61. The number of nitrogen functional groups attached to an aromatic ring is 1. The van der Waals surface area contributed by atoms with Gasteiger partial charge in [0.05, 0.1) is 42.7 Å². The van der Waals surface area contributed by atoms with Gasteiger partial charge in [-0.15, -0.1) is 11.3 Å². The molecule has 2 unspecified atom stereocenters. The largest absolute Gasteiger partial charge is 0.493 e. The maximum absolute atomic E-state index is 12.6. The Morgan fingerprint density at radius 2 is 1.48 bits per heavy atom. The summed E-state index contributed by atoms with van der Waals surface area (Å²) in [5, 5.41) is 19.0. The second kappa shape index (κ2) is 13.1. The summed E-state index contributed by atoms with van der Waals surface area (Å²) in [6, 6.07) is 8.94. The van der Waals surface area contributed by atoms with Gasteiger partial charge >= 0.3 is 11.9 Å². The second-order valence-electron chi connectivity index (χ2n) is 10.4. The minimum atomic E-state index is -1.01. The monoisotopic (exact) mass is 598 g/mol. The van der Waals surface area contributed by atoms with Gasteiger partial charge in [0.1, 0.15) is 5.75 Å². The van der Waals surface area contributed by atoms with Crippen LogP contribution in [0.2, 0.25) is 0 Å². The SMILES string of the molecule is COc1cc2c(cc1OCCCOc1cc3cc(C(=O)CC(C)C(=O)O)sc3cc1N)CN(C(=O)CC(C)C(=O)O)C2. The van der Waals surface area contributed by atoms with Gasteiger partial charge in [-0.1, -0.05) is 13.8 Å². The van der Waals surface area contributed by atoms with Crippen molar-refractivity contribution >= 4 is 50.7 Å². The van der Waals surface area contributed by atoms with E-state index in [0.717, 1.165) is 21.2 Å². The number of carboxylic acid groups (broad SMARTS) is 2. The van der Waals surface area contributed by atoms with Crippen LogP contribution in [0, 0.1) is 11.8 Å². The fourth-order valence-electron chi connectivity index (χ4n) is 4.57. The first-order valence-electron chi connectivity index (χ1n) is 13.5. The Bertz CT molecular complexity index is 1520. The number of anilines is 1. The van der Waals surface area contributed by atoms with Crippen LogP contribution in [0.3, 0.4) is 0 Å². The lowest BCUT2D eigenvalue weighted by Gasteiger charge is -2.16. The lowest BCUT2D eigenvalue weighted by molar-refractivity contribution is -0.145. The number of ketones is 1. The van der Waals surface area contributed by atoms with Gasteiger partial charge in [0, 0.05) is 37.1 Å². The van der Waals surface area contributed by atoms with Gasteiger partial charge < -0.3 is 35.1 Å². The summed E-state index contributed by atoms with van der Waals surface area (Å²) in [4.78, 5) is 49.4. The predicted molar refractivity (Wildman–Crippen MR) is 156 cm³/mol. The van der Waals surface area contributed by atoms with Crippen molar-refractivity contribution in [3.05, 3.63) is 46.3 Å². The minimum absolute atomic E-state index is 0.0565. The van der Waals surface area contributed by atoms with E-state index < -0.39 is 23.8 Å². The van der Waals surface area contributed by atoms with Crippen LogP contribution in [0.1, 0.15) is 53.9 Å². The van der Waals surface area contributed by atoms with E-state index in [1.54, 1.807) is 30.2 Å². The van der Waals surface area contributed by atoms with Gasteiger partial charge in [-0.2, -0.15) is 0 Å². The van der Waals surface area contributed by atoms with Crippen LogP contribution >= 0.6 is 11.3 Å². The molecule has 0 radical (unpaired) electrons. The van der Waals surface area contributed by atoms with Gasteiger partial charge in [-0.25, -0.2) is 0 Å². The molecule has 1 aromatic heterocycles. The van der Waals surface area contributed by atoms with Crippen LogP contribution in [-0.4, -0.2) is 59.1 Å². The molecule has 2 heterocycles. The number of methoxy groups -OCH3 is 1. The highest BCUT2D eigenvalue weighted by molar-refractivity contribution is 7.20. The molecule has 3 aromatic rings. The molecule has 1 amide bonds. The Hall–Kier alpha value is -4.32. The number of carbonyl (C=O) groups excluding carboxylic acids is 2. The topological polar surface area (TPSA) is 166 Å². The molecule has 2 aromatic carbocycles. The van der Waals surface area contributed by atoms with Gasteiger partial charge in [-0.05, 0) is 46.8 Å². The number of carbonyl (C=O) groups is 4. The summed E-state index contributed by atoms with van der Waals surface area (Å²) >= 11 is 1.27. The van der Waals surface area contributed by atoms with Crippen molar-refractivity contribution in [3.63, 3.8) is 0 Å². The lowest BCUT2D eigenvalue weighted by atomic mass is 10.0. The second-order valence-corrected chi connectivity index (χ2v) is 11.5. The summed E-state index contributed by atoms with van der Waals surface area (Å²) in [7, 11) is 1.54. The Kier molecular flexibility index (Phi) is 9.56. The molecule has 4 rings (SSSR count). The standard InChI is InChI=1S/C30H34N2O9S/c1-16(29(35)36)7-22(33)27-12-18-9-23(21(31)13-26(18)42-27)40-5-4-6-41-25-11-20-15-32(14-19(20)10-24(25)39-3)28(34)8-17(2)30(37)38/h9-13,16-17H,4-8,14-15,31H2,1-3H3,(H,35,36)(H,37,38). The molecule has 4 N–H and O–H groups in total. The van der Waals surface area contributed by atoms with E-state index >= 15 is 0 Å². The zero-order valence-corrected chi connectivity index (χ0v) is 24.5. The lowest BCUT2D eigenvalue weighted by Crippen LogP contribution is -2.28. The number of ether oxygens (including phenoxy) is 3. The molecule has 0 saturated carbocycles. The van der Waals surface area contributed by atoms with Gasteiger partial charge in [0.25, 0.3) is 0 Å². The molecule has 12 heteroatoms. The number of Topliss-reactive ketones (excluding diaryl/α,β-unsaturated/α-hetero) is 1. The summed E-state index contributed by atoms with van der Waals surface area (Å²) in [5.74, 6) is -2.39. The normalized spacial score (nSPS) is 13.8. The quantitative estimate of drug-likeness (QED) is 0.136. The first-order chi connectivity index (χ1) is 20.0. The highest BCUT2D eigenvalue weighted by Gasteiger charge is 2.28. The molecule has 1 aliphatic rings. The number of rotatable bonds is 14. The molecule has 0 saturated heterocycles. The molecule has 224 valence electrons. The van der Waals surface area contributed by atoms with Crippen LogP contribution in [-0.2, 0) is 27.5 Å². The summed E-state index contributed by atoms with van der Waals surface area (Å²) in [5.41, 5.74) is 8.46. The summed E-state index contributed by atoms with van der Waals surface area (Å²) < 4.78 is 18.2. The number of thiophene rings is 1. The highest BCUT2D eigenvalue weighted by atomic mass is 32.1. The van der Waals surface area contributed by atoms with Crippen LogP contribution in [0.4, 0.5) is 5.69 Å². The molecule has 0 aliphatic carbocycles. The van der Waals surface area contributed by atoms with Crippen molar-refractivity contribution in [2.45, 2.75) is 46.2 Å². The van der Waals surface area contributed by atoms with E-state index in [9.17, 15) is 19.2 Å². The van der Waals surface area contributed by atoms with Gasteiger partial charge in [0.2, 0.25) is 5.91 Å². The van der Waals surface area contributed by atoms with Gasteiger partial charge in [-0.3, -0.25) is 19.2 Å².